The SMILES string of the molecule is C[N@@+]1(CCCc2cnccn2)CCCC(OC(=O)C([O-])(c2ccccc2)C2CCCCC2)C1. The van der Waals surface area contributed by atoms with Crippen LogP contribution in [0.25, 0.3) is 0 Å². The van der Waals surface area contributed by atoms with Crippen LogP contribution in [-0.4, -0.2) is 53.2 Å². The summed E-state index contributed by atoms with van der Waals surface area (Å²) >= 11 is 0. The van der Waals surface area contributed by atoms with E-state index < -0.39 is 11.6 Å². The van der Waals surface area contributed by atoms with Crippen molar-refractivity contribution in [1.29, 1.82) is 0 Å². The summed E-state index contributed by atoms with van der Waals surface area (Å²) in [6, 6.07) is 9.20. The maximum Gasteiger partial charge on any atom is 0.300 e. The summed E-state index contributed by atoms with van der Waals surface area (Å²) < 4.78 is 6.89. The lowest BCUT2D eigenvalue weighted by Gasteiger charge is -2.48. The van der Waals surface area contributed by atoms with Gasteiger partial charge in [0.15, 0.2) is 6.10 Å². The molecule has 1 aliphatic heterocycles. The number of benzene rings is 1. The summed E-state index contributed by atoms with van der Waals surface area (Å²) in [5.41, 5.74) is -0.247. The molecule has 33 heavy (non-hydrogen) atoms. The molecule has 6 nitrogen and oxygen atoms in total. The van der Waals surface area contributed by atoms with Gasteiger partial charge in [-0.3, -0.25) is 14.8 Å². The van der Waals surface area contributed by atoms with E-state index in [1.54, 1.807) is 24.5 Å². The van der Waals surface area contributed by atoms with Crippen molar-refractivity contribution in [3.8, 4) is 0 Å². The fourth-order valence-corrected chi connectivity index (χ4v) is 5.73. The molecule has 0 amide bonds. The van der Waals surface area contributed by atoms with Gasteiger partial charge in [-0.2, -0.15) is 0 Å². The van der Waals surface area contributed by atoms with Gasteiger partial charge in [-0.05, 0) is 24.3 Å². The Labute approximate surface area is 197 Å². The van der Waals surface area contributed by atoms with Gasteiger partial charge in [0.1, 0.15) is 6.54 Å². The highest BCUT2D eigenvalue weighted by atomic mass is 16.6. The van der Waals surface area contributed by atoms with Gasteiger partial charge in [0.2, 0.25) is 0 Å². The minimum Gasteiger partial charge on any atom is -0.837 e. The van der Waals surface area contributed by atoms with Crippen molar-refractivity contribution in [1.82, 2.24) is 9.97 Å². The number of likely N-dealkylation sites (tertiary alicyclic amines) is 1. The van der Waals surface area contributed by atoms with Crippen LogP contribution in [0.15, 0.2) is 48.9 Å². The molecule has 2 aromatic rings. The first kappa shape index (κ1) is 23.8. The molecule has 178 valence electrons. The Balaban J connectivity index is 1.41. The van der Waals surface area contributed by atoms with E-state index in [-0.39, 0.29) is 12.0 Å². The van der Waals surface area contributed by atoms with Gasteiger partial charge in [0, 0.05) is 37.0 Å². The zero-order valence-electron chi connectivity index (χ0n) is 19.8. The van der Waals surface area contributed by atoms with E-state index in [1.807, 2.05) is 24.4 Å². The molecule has 1 aliphatic carbocycles. The molecule has 4 rings (SSSR count). The Morgan fingerprint density at radius 3 is 2.64 bits per heavy atom. The number of carbonyl (C=O) groups is 1. The van der Waals surface area contributed by atoms with Gasteiger partial charge >= 0.3 is 5.97 Å². The molecule has 2 heterocycles. The average Bonchev–Trinajstić information content (AvgIpc) is 2.85. The summed E-state index contributed by atoms with van der Waals surface area (Å²) in [6.07, 6.45) is 13.6. The number of ether oxygens (including phenoxy) is 1. The fraction of sp³-hybridized carbons (Fsp3) is 0.593. The molecule has 1 saturated carbocycles. The number of rotatable bonds is 8. The number of aryl methyl sites for hydroxylation is 1. The molecule has 1 aromatic heterocycles. The van der Waals surface area contributed by atoms with E-state index >= 15 is 0 Å². The molecule has 1 aromatic carbocycles. The highest BCUT2D eigenvalue weighted by Crippen LogP contribution is 2.39. The maximum absolute atomic E-state index is 14.2. The largest absolute Gasteiger partial charge is 0.837 e. The minimum absolute atomic E-state index is 0.197. The third-order valence-corrected chi connectivity index (χ3v) is 7.58. The summed E-state index contributed by atoms with van der Waals surface area (Å²) in [7, 11) is 2.24. The predicted molar refractivity (Wildman–Crippen MR) is 125 cm³/mol. The van der Waals surface area contributed by atoms with Gasteiger partial charge in [0.25, 0.3) is 0 Å². The van der Waals surface area contributed by atoms with Crippen LogP contribution < -0.4 is 5.11 Å². The van der Waals surface area contributed by atoms with E-state index in [2.05, 4.69) is 17.0 Å². The average molecular weight is 452 g/mol. The van der Waals surface area contributed by atoms with Crippen LogP contribution in [0.1, 0.15) is 62.6 Å². The summed E-state index contributed by atoms with van der Waals surface area (Å²) in [4.78, 5) is 22.0. The number of esters is 1. The van der Waals surface area contributed by atoms with Crippen LogP contribution in [0.4, 0.5) is 0 Å². The Kier molecular flexibility index (Phi) is 7.76. The van der Waals surface area contributed by atoms with Gasteiger partial charge in [-0.25, -0.2) is 0 Å². The molecule has 6 heteroatoms. The van der Waals surface area contributed by atoms with Crippen molar-refractivity contribution < 1.29 is 19.1 Å². The van der Waals surface area contributed by atoms with Crippen LogP contribution in [0.3, 0.4) is 0 Å². The summed E-state index contributed by atoms with van der Waals surface area (Å²) in [6.45, 7) is 2.83. The smallest absolute Gasteiger partial charge is 0.300 e. The molecule has 0 N–H and O–H groups in total. The zero-order chi connectivity index (χ0) is 23.2. The summed E-state index contributed by atoms with van der Waals surface area (Å²) in [5.74, 6) is -0.767. The third-order valence-electron chi connectivity index (χ3n) is 7.58. The minimum atomic E-state index is -1.81. The van der Waals surface area contributed by atoms with Crippen LogP contribution >= 0.6 is 0 Å². The monoisotopic (exact) mass is 451 g/mol. The first-order valence-electron chi connectivity index (χ1n) is 12.6. The molecule has 2 unspecified atom stereocenters. The first-order chi connectivity index (χ1) is 16.0. The number of hydrogen-bond donors (Lipinski definition) is 0. The Hall–Kier alpha value is -2.31. The molecular weight excluding hydrogens is 414 g/mol. The standard InChI is InChI=1S/C27H37N3O3/c1-30(18-8-14-24-20-28-16-17-29-24)19-9-15-25(21-30)33-26(31)27(32,22-10-4-2-5-11-22)23-12-6-3-7-13-23/h2,4-5,10-11,16-17,20,23,25H,3,6-9,12-15,18-19,21H2,1H3/t25?,27?,30-/m1/s1. The zero-order valence-corrected chi connectivity index (χ0v) is 19.8. The maximum atomic E-state index is 14.2. The number of piperidine rings is 1. The van der Waals surface area contributed by atoms with E-state index in [0.29, 0.717) is 5.56 Å². The molecule has 3 atom stereocenters. The van der Waals surface area contributed by atoms with Crippen molar-refractivity contribution in [2.45, 2.75) is 69.5 Å². The molecular formula is C27H37N3O3. The van der Waals surface area contributed by atoms with E-state index in [4.69, 9.17) is 4.74 Å². The Morgan fingerprint density at radius 2 is 1.91 bits per heavy atom. The number of nitrogens with zero attached hydrogens (tertiary/aromatic N) is 3. The van der Waals surface area contributed by atoms with Crippen LogP contribution in [0, 0.1) is 5.92 Å². The topological polar surface area (TPSA) is 75.1 Å². The normalized spacial score (nSPS) is 25.8. The highest BCUT2D eigenvalue weighted by molar-refractivity contribution is 5.81. The van der Waals surface area contributed by atoms with Crippen molar-refractivity contribution in [2.24, 2.45) is 5.92 Å². The molecule has 0 radical (unpaired) electrons. The number of aromatic nitrogens is 2. The van der Waals surface area contributed by atoms with Crippen molar-refractivity contribution in [3.63, 3.8) is 0 Å². The lowest BCUT2D eigenvalue weighted by molar-refractivity contribution is -0.917. The second-order valence-corrected chi connectivity index (χ2v) is 10.2. The number of hydrogen-bond acceptors (Lipinski definition) is 5. The predicted octanol–water partition coefficient (Wildman–Crippen LogP) is 3.40. The summed E-state index contributed by atoms with van der Waals surface area (Å²) in [5, 5.41) is 14.2. The van der Waals surface area contributed by atoms with Gasteiger partial charge in [0.05, 0.1) is 25.8 Å². The molecule has 2 fully saturated rings. The highest BCUT2D eigenvalue weighted by Gasteiger charge is 2.41. The van der Waals surface area contributed by atoms with Gasteiger partial charge < -0.3 is 14.3 Å². The number of likely N-dealkylation sites (N-methyl/N-ethyl adjacent to an activating group) is 1. The van der Waals surface area contributed by atoms with E-state index in [9.17, 15) is 9.90 Å². The second kappa shape index (κ2) is 10.7. The van der Waals surface area contributed by atoms with Crippen LogP contribution in [-0.2, 0) is 21.6 Å². The Bertz CT molecular complexity index is 888. The number of quaternary nitrogens is 1. The number of carbonyl (C=O) groups excluding carboxylic acids is 1. The third kappa shape index (κ3) is 5.79. The molecule has 0 spiro atoms. The lowest BCUT2D eigenvalue weighted by atomic mass is 9.73. The second-order valence-electron chi connectivity index (χ2n) is 10.2. The quantitative estimate of drug-likeness (QED) is 0.454. The first-order valence-corrected chi connectivity index (χ1v) is 12.6. The van der Waals surface area contributed by atoms with Crippen LogP contribution in [0.5, 0.6) is 0 Å². The molecule has 2 aliphatic rings. The Morgan fingerprint density at radius 1 is 1.12 bits per heavy atom. The van der Waals surface area contributed by atoms with Gasteiger partial charge in [-0.1, -0.05) is 62.4 Å². The van der Waals surface area contributed by atoms with Crippen molar-refractivity contribution >= 4 is 5.97 Å². The van der Waals surface area contributed by atoms with E-state index in [0.717, 1.165) is 87.6 Å². The fourth-order valence-electron chi connectivity index (χ4n) is 5.73. The molecule has 1 saturated heterocycles. The lowest BCUT2D eigenvalue weighted by Crippen LogP contribution is -2.59. The van der Waals surface area contributed by atoms with E-state index in [1.165, 1.54) is 0 Å². The molecule has 0 bridgehead atoms. The van der Waals surface area contributed by atoms with Crippen LogP contribution in [0.2, 0.25) is 0 Å². The van der Waals surface area contributed by atoms with Crippen molar-refractivity contribution in [3.05, 3.63) is 60.2 Å². The van der Waals surface area contributed by atoms with Gasteiger partial charge in [-0.15, -0.1) is 0 Å². The van der Waals surface area contributed by atoms with Crippen molar-refractivity contribution in [2.75, 3.05) is 26.7 Å².